The monoisotopic (exact) mass is 416 g/mol. The molecular formula is C18H17BrN4OS. The summed E-state index contributed by atoms with van der Waals surface area (Å²) in [6.45, 7) is 1.99. The summed E-state index contributed by atoms with van der Waals surface area (Å²) in [7, 11) is 1.90. The topological polar surface area (TPSA) is 59.8 Å². The van der Waals surface area contributed by atoms with Gasteiger partial charge in [-0.05, 0) is 30.7 Å². The van der Waals surface area contributed by atoms with Crippen LogP contribution in [0.4, 0.5) is 5.69 Å². The van der Waals surface area contributed by atoms with E-state index in [1.165, 1.54) is 11.8 Å². The molecule has 0 radical (unpaired) electrons. The molecule has 25 heavy (non-hydrogen) atoms. The van der Waals surface area contributed by atoms with Crippen molar-refractivity contribution in [3.05, 3.63) is 58.6 Å². The van der Waals surface area contributed by atoms with Gasteiger partial charge in [0, 0.05) is 22.8 Å². The Bertz CT molecular complexity index is 910. The molecule has 1 heterocycles. The smallest absolute Gasteiger partial charge is 0.234 e. The third kappa shape index (κ3) is 4.29. The highest BCUT2D eigenvalue weighted by Crippen LogP contribution is 2.28. The number of aromatic nitrogens is 3. The van der Waals surface area contributed by atoms with E-state index in [1.54, 1.807) is 0 Å². The first-order valence-electron chi connectivity index (χ1n) is 7.68. The zero-order valence-corrected chi connectivity index (χ0v) is 16.3. The predicted molar refractivity (Wildman–Crippen MR) is 105 cm³/mol. The third-order valence-electron chi connectivity index (χ3n) is 3.58. The molecule has 2 aromatic carbocycles. The molecule has 128 valence electrons. The maximum Gasteiger partial charge on any atom is 0.234 e. The Morgan fingerprint density at radius 2 is 2.00 bits per heavy atom. The number of anilines is 1. The van der Waals surface area contributed by atoms with E-state index in [1.807, 2.05) is 67.1 Å². The first-order valence-corrected chi connectivity index (χ1v) is 9.46. The minimum atomic E-state index is -0.0685. The fraction of sp³-hybridized carbons (Fsp3) is 0.167. The summed E-state index contributed by atoms with van der Waals surface area (Å²) in [5.41, 5.74) is 2.88. The van der Waals surface area contributed by atoms with Gasteiger partial charge in [-0.2, -0.15) is 0 Å². The van der Waals surface area contributed by atoms with E-state index in [-0.39, 0.29) is 11.7 Å². The van der Waals surface area contributed by atoms with Crippen molar-refractivity contribution >= 4 is 39.3 Å². The molecule has 7 heteroatoms. The van der Waals surface area contributed by atoms with Crippen LogP contribution in [0.3, 0.4) is 0 Å². The molecule has 3 aromatic rings. The normalized spacial score (nSPS) is 10.7. The van der Waals surface area contributed by atoms with Crippen LogP contribution in [0.15, 0.2) is 58.2 Å². The summed E-state index contributed by atoms with van der Waals surface area (Å²) in [4.78, 5) is 12.1. The van der Waals surface area contributed by atoms with E-state index >= 15 is 0 Å². The number of carbonyl (C=O) groups is 1. The SMILES string of the molecule is Cc1cccc(NC(=O)CSc2nnc(-c3ccccc3Br)n2C)c1. The summed E-state index contributed by atoms with van der Waals surface area (Å²) in [5, 5.41) is 12.0. The van der Waals surface area contributed by atoms with Crippen LogP contribution in [-0.2, 0) is 11.8 Å². The average Bonchev–Trinajstić information content (AvgIpc) is 2.94. The van der Waals surface area contributed by atoms with E-state index in [2.05, 4.69) is 31.4 Å². The highest BCUT2D eigenvalue weighted by molar-refractivity contribution is 9.10. The van der Waals surface area contributed by atoms with Gasteiger partial charge in [-0.1, -0.05) is 58.0 Å². The van der Waals surface area contributed by atoms with Crippen molar-refractivity contribution < 1.29 is 4.79 Å². The zero-order valence-electron chi connectivity index (χ0n) is 13.9. The Kier molecular flexibility index (Phi) is 5.55. The van der Waals surface area contributed by atoms with Gasteiger partial charge in [0.15, 0.2) is 11.0 Å². The van der Waals surface area contributed by atoms with Crippen LogP contribution < -0.4 is 5.32 Å². The van der Waals surface area contributed by atoms with Gasteiger partial charge in [0.05, 0.1) is 5.75 Å². The first-order chi connectivity index (χ1) is 12.0. The Morgan fingerprint density at radius 3 is 2.76 bits per heavy atom. The van der Waals surface area contributed by atoms with E-state index in [9.17, 15) is 4.79 Å². The molecule has 0 saturated carbocycles. The number of nitrogens with zero attached hydrogens (tertiary/aromatic N) is 3. The third-order valence-corrected chi connectivity index (χ3v) is 5.30. The Hall–Kier alpha value is -2.12. The van der Waals surface area contributed by atoms with Crippen molar-refractivity contribution in [3.63, 3.8) is 0 Å². The van der Waals surface area contributed by atoms with E-state index in [0.717, 1.165) is 27.1 Å². The lowest BCUT2D eigenvalue weighted by Crippen LogP contribution is -2.14. The molecule has 1 aromatic heterocycles. The van der Waals surface area contributed by atoms with Crippen molar-refractivity contribution in [2.24, 2.45) is 7.05 Å². The second kappa shape index (κ2) is 7.84. The van der Waals surface area contributed by atoms with Gasteiger partial charge in [0.1, 0.15) is 0 Å². The van der Waals surface area contributed by atoms with Gasteiger partial charge >= 0.3 is 0 Å². The molecule has 0 aliphatic rings. The van der Waals surface area contributed by atoms with E-state index in [0.29, 0.717) is 5.16 Å². The number of halogens is 1. The number of rotatable bonds is 5. The van der Waals surface area contributed by atoms with Gasteiger partial charge in [-0.15, -0.1) is 10.2 Å². The standard InChI is InChI=1S/C18H17BrN4OS/c1-12-6-5-7-13(10-12)20-16(24)11-25-18-22-21-17(23(18)2)14-8-3-4-9-15(14)19/h3-10H,11H2,1-2H3,(H,20,24). The van der Waals surface area contributed by atoms with Crippen molar-refractivity contribution in [2.45, 2.75) is 12.1 Å². The summed E-state index contributed by atoms with van der Waals surface area (Å²) in [6.07, 6.45) is 0. The number of thioether (sulfide) groups is 1. The molecule has 0 unspecified atom stereocenters. The highest BCUT2D eigenvalue weighted by Gasteiger charge is 2.14. The molecule has 3 rings (SSSR count). The molecular weight excluding hydrogens is 400 g/mol. The van der Waals surface area contributed by atoms with Crippen LogP contribution >= 0.6 is 27.7 Å². The van der Waals surface area contributed by atoms with Crippen LogP contribution in [0.5, 0.6) is 0 Å². The average molecular weight is 417 g/mol. The highest BCUT2D eigenvalue weighted by atomic mass is 79.9. The number of hydrogen-bond acceptors (Lipinski definition) is 4. The van der Waals surface area contributed by atoms with Crippen molar-refractivity contribution in [3.8, 4) is 11.4 Å². The molecule has 5 nitrogen and oxygen atoms in total. The second-order valence-electron chi connectivity index (χ2n) is 5.55. The molecule has 0 bridgehead atoms. The van der Waals surface area contributed by atoms with Gasteiger partial charge in [0.2, 0.25) is 5.91 Å². The molecule has 1 N–H and O–H groups in total. The van der Waals surface area contributed by atoms with Crippen LogP contribution in [0.2, 0.25) is 0 Å². The van der Waals surface area contributed by atoms with Gasteiger partial charge < -0.3 is 9.88 Å². The molecule has 1 amide bonds. The molecule has 0 aliphatic carbocycles. The quantitative estimate of drug-likeness (QED) is 0.630. The molecule has 0 saturated heterocycles. The maximum atomic E-state index is 12.1. The minimum Gasteiger partial charge on any atom is -0.325 e. The fourth-order valence-corrected chi connectivity index (χ4v) is 3.54. The summed E-state index contributed by atoms with van der Waals surface area (Å²) in [6, 6.07) is 15.6. The van der Waals surface area contributed by atoms with Gasteiger partial charge in [-0.3, -0.25) is 4.79 Å². The van der Waals surface area contributed by atoms with Crippen LogP contribution in [0, 0.1) is 6.92 Å². The first kappa shape index (κ1) is 17.7. The summed E-state index contributed by atoms with van der Waals surface area (Å²) < 4.78 is 2.85. The van der Waals surface area contributed by atoms with Gasteiger partial charge in [-0.25, -0.2) is 0 Å². The van der Waals surface area contributed by atoms with Crippen molar-refractivity contribution in [1.29, 1.82) is 0 Å². The Morgan fingerprint density at radius 1 is 1.20 bits per heavy atom. The Balaban J connectivity index is 1.66. The van der Waals surface area contributed by atoms with E-state index in [4.69, 9.17) is 0 Å². The van der Waals surface area contributed by atoms with Crippen LogP contribution in [0.1, 0.15) is 5.56 Å². The number of benzene rings is 2. The molecule has 0 fully saturated rings. The van der Waals surface area contributed by atoms with Crippen LogP contribution in [-0.4, -0.2) is 26.4 Å². The number of nitrogens with one attached hydrogen (secondary N) is 1. The fourth-order valence-electron chi connectivity index (χ4n) is 2.37. The van der Waals surface area contributed by atoms with Crippen molar-refractivity contribution in [2.75, 3.05) is 11.1 Å². The molecule has 0 spiro atoms. The number of amides is 1. The number of carbonyl (C=O) groups excluding carboxylic acids is 1. The minimum absolute atomic E-state index is 0.0685. The lowest BCUT2D eigenvalue weighted by atomic mass is 10.2. The van der Waals surface area contributed by atoms with Crippen LogP contribution in [0.25, 0.3) is 11.4 Å². The zero-order chi connectivity index (χ0) is 17.8. The number of hydrogen-bond donors (Lipinski definition) is 1. The van der Waals surface area contributed by atoms with Gasteiger partial charge in [0.25, 0.3) is 0 Å². The maximum absolute atomic E-state index is 12.1. The molecule has 0 atom stereocenters. The predicted octanol–water partition coefficient (Wildman–Crippen LogP) is 4.28. The summed E-state index contributed by atoms with van der Waals surface area (Å²) in [5.74, 6) is 0.964. The summed E-state index contributed by atoms with van der Waals surface area (Å²) >= 11 is 4.89. The molecule has 0 aliphatic heterocycles. The second-order valence-corrected chi connectivity index (χ2v) is 7.35. The Labute approximate surface area is 159 Å². The van der Waals surface area contributed by atoms with Crippen molar-refractivity contribution in [1.82, 2.24) is 14.8 Å². The number of aryl methyl sites for hydroxylation is 1. The van der Waals surface area contributed by atoms with E-state index < -0.39 is 0 Å². The lowest BCUT2D eigenvalue weighted by Gasteiger charge is -2.07. The lowest BCUT2D eigenvalue weighted by molar-refractivity contribution is -0.113. The largest absolute Gasteiger partial charge is 0.325 e.